The molecule has 1 unspecified atom stereocenters. The van der Waals surface area contributed by atoms with Crippen LogP contribution in [0.15, 0.2) is 73.3 Å². The molecule has 3 aromatic rings. The van der Waals surface area contributed by atoms with Crippen molar-refractivity contribution in [3.63, 3.8) is 0 Å². The summed E-state index contributed by atoms with van der Waals surface area (Å²) >= 11 is 0. The van der Waals surface area contributed by atoms with Gasteiger partial charge in [-0.05, 0) is 67.1 Å². The molecule has 0 N–H and O–H groups in total. The molecule has 0 bridgehead atoms. The van der Waals surface area contributed by atoms with E-state index in [0.29, 0.717) is 5.92 Å². The van der Waals surface area contributed by atoms with Crippen LogP contribution in [0.3, 0.4) is 0 Å². The number of likely N-dealkylation sites (tertiary alicyclic amines) is 1. The molecule has 2 saturated heterocycles. The van der Waals surface area contributed by atoms with Crippen LogP contribution in [0.25, 0.3) is 5.70 Å². The Morgan fingerprint density at radius 1 is 0.919 bits per heavy atom. The van der Waals surface area contributed by atoms with Crippen LogP contribution in [0.4, 0.5) is 5.69 Å². The Balaban J connectivity index is 1.26. The Labute approximate surface area is 222 Å². The standard InChI is InChI=1S/C33H38N4/c1-25-20-26(2)32(27(3)37-15-9-13-30(24-37)28-10-5-4-6-11-28)21-31(25)23-35-16-18-36(19-17-35)33-14-8-7-12-29(33)22-34/h4-8,10-12,14,20-21,30H,3,9,13,15-19,23-24H2,1-2H3. The molecule has 0 aromatic heterocycles. The first-order valence-electron chi connectivity index (χ1n) is 13.6. The molecular weight excluding hydrogens is 452 g/mol. The smallest absolute Gasteiger partial charge is 0.101 e. The van der Waals surface area contributed by atoms with E-state index >= 15 is 0 Å². The van der Waals surface area contributed by atoms with Crippen LogP contribution in [0.1, 0.15) is 52.1 Å². The van der Waals surface area contributed by atoms with Gasteiger partial charge in [0.1, 0.15) is 6.07 Å². The number of aryl methyl sites for hydroxylation is 2. The summed E-state index contributed by atoms with van der Waals surface area (Å²) in [6.45, 7) is 16.0. The summed E-state index contributed by atoms with van der Waals surface area (Å²) in [6, 6.07) is 26.0. The molecule has 4 nitrogen and oxygen atoms in total. The van der Waals surface area contributed by atoms with E-state index in [1.165, 1.54) is 40.7 Å². The largest absolute Gasteiger partial charge is 0.371 e. The van der Waals surface area contributed by atoms with Crippen molar-refractivity contribution >= 4 is 11.4 Å². The Morgan fingerprint density at radius 2 is 1.65 bits per heavy atom. The summed E-state index contributed by atoms with van der Waals surface area (Å²) in [6.07, 6.45) is 2.45. The number of para-hydroxylation sites is 1. The zero-order valence-corrected chi connectivity index (χ0v) is 22.3. The topological polar surface area (TPSA) is 33.5 Å². The van der Waals surface area contributed by atoms with Crippen molar-refractivity contribution in [2.75, 3.05) is 44.2 Å². The van der Waals surface area contributed by atoms with Crippen LogP contribution in [0.5, 0.6) is 0 Å². The molecule has 0 radical (unpaired) electrons. The minimum atomic E-state index is 0.569. The lowest BCUT2D eigenvalue weighted by Gasteiger charge is -2.37. The van der Waals surface area contributed by atoms with Gasteiger partial charge in [0.05, 0.1) is 11.3 Å². The average Bonchev–Trinajstić information content (AvgIpc) is 2.95. The predicted octanol–water partition coefficient (Wildman–Crippen LogP) is 6.35. The van der Waals surface area contributed by atoms with Gasteiger partial charge in [0.2, 0.25) is 0 Å². The molecule has 37 heavy (non-hydrogen) atoms. The van der Waals surface area contributed by atoms with Gasteiger partial charge in [0.25, 0.3) is 0 Å². The molecule has 3 aromatic carbocycles. The van der Waals surface area contributed by atoms with Crippen molar-refractivity contribution in [3.05, 3.63) is 107 Å². The second kappa shape index (κ2) is 11.2. The third-order valence-corrected chi connectivity index (χ3v) is 8.20. The first kappa shape index (κ1) is 25.1. The minimum Gasteiger partial charge on any atom is -0.371 e. The number of benzene rings is 3. The summed E-state index contributed by atoms with van der Waals surface area (Å²) in [4.78, 5) is 7.40. The van der Waals surface area contributed by atoms with Gasteiger partial charge < -0.3 is 9.80 Å². The van der Waals surface area contributed by atoms with Crippen molar-refractivity contribution in [2.45, 2.75) is 39.2 Å². The van der Waals surface area contributed by atoms with Gasteiger partial charge in [-0.1, -0.05) is 55.1 Å². The second-order valence-electron chi connectivity index (χ2n) is 10.6. The van der Waals surface area contributed by atoms with E-state index in [2.05, 4.69) is 89.7 Å². The number of piperazine rings is 1. The number of anilines is 1. The number of nitrogens with zero attached hydrogens (tertiary/aromatic N) is 4. The van der Waals surface area contributed by atoms with E-state index in [1.807, 2.05) is 18.2 Å². The third-order valence-electron chi connectivity index (χ3n) is 8.20. The number of piperidine rings is 1. The number of hydrogen-bond donors (Lipinski definition) is 0. The Kier molecular flexibility index (Phi) is 7.63. The number of rotatable bonds is 6. The van der Waals surface area contributed by atoms with Gasteiger partial charge >= 0.3 is 0 Å². The lowest BCUT2D eigenvalue weighted by atomic mass is 9.89. The van der Waals surface area contributed by atoms with Crippen LogP contribution in [-0.2, 0) is 6.54 Å². The SMILES string of the molecule is C=C(c1cc(CN2CCN(c3ccccc3C#N)CC2)c(C)cc1C)N1CCCC(c2ccccc2)C1. The van der Waals surface area contributed by atoms with E-state index in [0.717, 1.165) is 62.8 Å². The molecule has 0 amide bonds. The first-order valence-corrected chi connectivity index (χ1v) is 13.6. The van der Waals surface area contributed by atoms with Gasteiger partial charge in [-0.3, -0.25) is 4.90 Å². The van der Waals surface area contributed by atoms with E-state index in [4.69, 9.17) is 0 Å². The molecular formula is C33H38N4. The van der Waals surface area contributed by atoms with Gasteiger partial charge in [0.15, 0.2) is 0 Å². The highest BCUT2D eigenvalue weighted by molar-refractivity contribution is 5.66. The molecule has 0 spiro atoms. The van der Waals surface area contributed by atoms with Gasteiger partial charge in [-0.15, -0.1) is 0 Å². The van der Waals surface area contributed by atoms with Gasteiger partial charge in [0, 0.05) is 63.0 Å². The van der Waals surface area contributed by atoms with E-state index in [9.17, 15) is 5.26 Å². The Morgan fingerprint density at radius 3 is 2.41 bits per heavy atom. The summed E-state index contributed by atoms with van der Waals surface area (Å²) in [5, 5.41) is 9.49. The number of hydrogen-bond acceptors (Lipinski definition) is 4. The van der Waals surface area contributed by atoms with Crippen LogP contribution >= 0.6 is 0 Å². The molecule has 2 aliphatic heterocycles. The van der Waals surface area contributed by atoms with E-state index in [-0.39, 0.29) is 0 Å². The van der Waals surface area contributed by atoms with Crippen molar-refractivity contribution in [2.24, 2.45) is 0 Å². The van der Waals surface area contributed by atoms with Crippen molar-refractivity contribution in [1.82, 2.24) is 9.80 Å². The molecule has 4 heteroatoms. The van der Waals surface area contributed by atoms with Gasteiger partial charge in [-0.2, -0.15) is 5.26 Å². The normalized spacial score (nSPS) is 18.5. The Bertz CT molecular complexity index is 1280. The maximum atomic E-state index is 9.49. The van der Waals surface area contributed by atoms with Crippen molar-refractivity contribution in [3.8, 4) is 6.07 Å². The zero-order valence-electron chi connectivity index (χ0n) is 22.3. The number of nitriles is 1. The van der Waals surface area contributed by atoms with Crippen LogP contribution in [-0.4, -0.2) is 49.1 Å². The lowest BCUT2D eigenvalue weighted by molar-refractivity contribution is 0.249. The Hall–Kier alpha value is -3.55. The minimum absolute atomic E-state index is 0.569. The van der Waals surface area contributed by atoms with Crippen LogP contribution in [0, 0.1) is 25.2 Å². The third kappa shape index (κ3) is 5.58. The van der Waals surface area contributed by atoms with Crippen molar-refractivity contribution in [1.29, 1.82) is 5.26 Å². The molecule has 2 aliphatic rings. The highest BCUT2D eigenvalue weighted by Crippen LogP contribution is 2.33. The lowest BCUT2D eigenvalue weighted by Crippen LogP contribution is -2.46. The zero-order chi connectivity index (χ0) is 25.8. The molecule has 190 valence electrons. The fraction of sp³-hybridized carbons (Fsp3) is 0.364. The van der Waals surface area contributed by atoms with Crippen LogP contribution < -0.4 is 4.90 Å². The van der Waals surface area contributed by atoms with Crippen LogP contribution in [0.2, 0.25) is 0 Å². The van der Waals surface area contributed by atoms with Crippen molar-refractivity contribution < 1.29 is 0 Å². The summed E-state index contributed by atoms with van der Waals surface area (Å²) in [5.41, 5.74) is 9.78. The molecule has 2 heterocycles. The quantitative estimate of drug-likeness (QED) is 0.403. The summed E-state index contributed by atoms with van der Waals surface area (Å²) < 4.78 is 0. The first-order chi connectivity index (χ1) is 18.0. The maximum absolute atomic E-state index is 9.49. The van der Waals surface area contributed by atoms with Gasteiger partial charge in [-0.25, -0.2) is 0 Å². The monoisotopic (exact) mass is 490 g/mol. The molecule has 1 atom stereocenters. The fourth-order valence-corrected chi connectivity index (χ4v) is 6.00. The van der Waals surface area contributed by atoms with E-state index in [1.54, 1.807) is 0 Å². The fourth-order valence-electron chi connectivity index (χ4n) is 6.00. The summed E-state index contributed by atoms with van der Waals surface area (Å²) in [5.74, 6) is 0.569. The molecule has 0 aliphatic carbocycles. The molecule has 5 rings (SSSR count). The summed E-state index contributed by atoms with van der Waals surface area (Å²) in [7, 11) is 0. The second-order valence-corrected chi connectivity index (χ2v) is 10.6. The molecule has 0 saturated carbocycles. The predicted molar refractivity (Wildman–Crippen MR) is 154 cm³/mol. The highest BCUT2D eigenvalue weighted by atomic mass is 15.3. The average molecular weight is 491 g/mol. The maximum Gasteiger partial charge on any atom is 0.101 e. The molecule has 2 fully saturated rings. The van der Waals surface area contributed by atoms with E-state index < -0.39 is 0 Å². The highest BCUT2D eigenvalue weighted by Gasteiger charge is 2.24.